The molecule has 2 atom stereocenters. The van der Waals surface area contributed by atoms with Gasteiger partial charge in [0.15, 0.2) is 0 Å². The van der Waals surface area contributed by atoms with Crippen LogP contribution in [0.5, 0.6) is 0 Å². The number of rotatable bonds is 5. The molecule has 3 N–H and O–H groups in total. The average Bonchev–Trinajstić information content (AvgIpc) is 2.67. The van der Waals surface area contributed by atoms with E-state index in [-0.39, 0.29) is 23.8 Å². The molecule has 0 radical (unpaired) electrons. The summed E-state index contributed by atoms with van der Waals surface area (Å²) in [6, 6.07) is 14.8. The highest BCUT2D eigenvalue weighted by atomic mass is 16.2. The third kappa shape index (κ3) is 4.74. The first-order valence-electron chi connectivity index (χ1n) is 9.42. The van der Waals surface area contributed by atoms with Crippen LogP contribution in [0.1, 0.15) is 30.5 Å². The zero-order valence-electron chi connectivity index (χ0n) is 16.1. The van der Waals surface area contributed by atoms with Crippen LogP contribution in [0.2, 0.25) is 0 Å². The van der Waals surface area contributed by atoms with Crippen molar-refractivity contribution in [1.29, 1.82) is 0 Å². The van der Waals surface area contributed by atoms with E-state index < -0.39 is 6.04 Å². The Morgan fingerprint density at radius 1 is 1.04 bits per heavy atom. The van der Waals surface area contributed by atoms with Crippen LogP contribution in [0, 0.1) is 12.8 Å². The van der Waals surface area contributed by atoms with Gasteiger partial charge in [-0.15, -0.1) is 0 Å². The number of anilines is 1. The summed E-state index contributed by atoms with van der Waals surface area (Å²) in [6.07, 6.45) is 0.631. The lowest BCUT2D eigenvalue weighted by molar-refractivity contribution is -0.128. The van der Waals surface area contributed by atoms with Crippen LogP contribution in [0.4, 0.5) is 5.69 Å². The molecule has 0 fully saturated rings. The Morgan fingerprint density at radius 2 is 1.70 bits per heavy atom. The third-order valence-electron chi connectivity index (χ3n) is 4.96. The van der Waals surface area contributed by atoms with Crippen molar-refractivity contribution in [3.8, 4) is 0 Å². The summed E-state index contributed by atoms with van der Waals surface area (Å²) in [5.74, 6) is -0.351. The van der Waals surface area contributed by atoms with Gasteiger partial charge in [-0.3, -0.25) is 9.59 Å². The Labute approximate surface area is 160 Å². The Balaban J connectivity index is 1.64. The molecule has 5 heteroatoms. The second-order valence-corrected chi connectivity index (χ2v) is 7.49. The smallest absolute Gasteiger partial charge is 0.247 e. The van der Waals surface area contributed by atoms with Crippen LogP contribution in [-0.4, -0.2) is 23.9 Å². The van der Waals surface area contributed by atoms with Gasteiger partial charge in [0.25, 0.3) is 0 Å². The van der Waals surface area contributed by atoms with E-state index in [0.29, 0.717) is 13.0 Å². The van der Waals surface area contributed by atoms with Crippen molar-refractivity contribution in [1.82, 2.24) is 10.6 Å². The van der Waals surface area contributed by atoms with Gasteiger partial charge in [-0.2, -0.15) is 0 Å². The van der Waals surface area contributed by atoms with Gasteiger partial charge in [-0.05, 0) is 42.5 Å². The van der Waals surface area contributed by atoms with Gasteiger partial charge in [-0.1, -0.05) is 55.8 Å². The Morgan fingerprint density at radius 3 is 2.37 bits per heavy atom. The first-order chi connectivity index (χ1) is 12.9. The molecular weight excluding hydrogens is 338 g/mol. The standard InChI is InChI=1S/C22H27N3O2/c1-14(2)20(22(27)24-18-10-8-15(3)9-11-18)25-21(26)19-12-16-6-4-5-7-17(16)13-23-19/h4-11,14,19-20,23H,12-13H2,1-3H3,(H,24,27)(H,25,26)/t19-,20+/m1/s1. The molecule has 0 saturated heterocycles. The summed E-state index contributed by atoms with van der Waals surface area (Å²) >= 11 is 0. The summed E-state index contributed by atoms with van der Waals surface area (Å²) < 4.78 is 0. The van der Waals surface area contributed by atoms with Crippen LogP contribution in [0.15, 0.2) is 48.5 Å². The van der Waals surface area contributed by atoms with Gasteiger partial charge >= 0.3 is 0 Å². The van der Waals surface area contributed by atoms with Crippen molar-refractivity contribution in [2.75, 3.05) is 5.32 Å². The maximum Gasteiger partial charge on any atom is 0.247 e. The molecule has 2 amide bonds. The van der Waals surface area contributed by atoms with E-state index in [0.717, 1.165) is 11.3 Å². The van der Waals surface area contributed by atoms with E-state index in [1.54, 1.807) is 0 Å². The lowest BCUT2D eigenvalue weighted by Gasteiger charge is -2.28. The summed E-state index contributed by atoms with van der Waals surface area (Å²) in [7, 11) is 0. The summed E-state index contributed by atoms with van der Waals surface area (Å²) in [6.45, 7) is 6.53. The van der Waals surface area contributed by atoms with Gasteiger partial charge in [0.1, 0.15) is 6.04 Å². The van der Waals surface area contributed by atoms with E-state index in [9.17, 15) is 9.59 Å². The lowest BCUT2D eigenvalue weighted by atomic mass is 9.94. The van der Waals surface area contributed by atoms with E-state index in [1.807, 2.05) is 57.2 Å². The fraction of sp³-hybridized carbons (Fsp3) is 0.364. The topological polar surface area (TPSA) is 70.2 Å². The molecule has 3 rings (SSSR count). The molecule has 0 spiro atoms. The zero-order valence-corrected chi connectivity index (χ0v) is 16.1. The minimum Gasteiger partial charge on any atom is -0.343 e. The number of carbonyl (C=O) groups excluding carboxylic acids is 2. The molecule has 5 nitrogen and oxygen atoms in total. The van der Waals surface area contributed by atoms with Crippen LogP contribution in [0.3, 0.4) is 0 Å². The van der Waals surface area contributed by atoms with Crippen LogP contribution in [0.25, 0.3) is 0 Å². The molecule has 27 heavy (non-hydrogen) atoms. The highest BCUT2D eigenvalue weighted by Gasteiger charge is 2.29. The number of hydrogen-bond acceptors (Lipinski definition) is 3. The van der Waals surface area contributed by atoms with Crippen molar-refractivity contribution in [3.05, 3.63) is 65.2 Å². The molecule has 1 aliphatic rings. The number of aryl methyl sites for hydroxylation is 1. The predicted molar refractivity (Wildman–Crippen MR) is 107 cm³/mol. The molecule has 0 aliphatic carbocycles. The molecule has 0 bridgehead atoms. The van der Waals surface area contributed by atoms with Crippen LogP contribution >= 0.6 is 0 Å². The minimum absolute atomic E-state index is 0.0183. The van der Waals surface area contributed by atoms with Gasteiger partial charge in [0, 0.05) is 12.2 Å². The predicted octanol–water partition coefficient (Wildman–Crippen LogP) is 2.79. The molecule has 0 saturated carbocycles. The Hall–Kier alpha value is -2.66. The van der Waals surface area contributed by atoms with E-state index in [2.05, 4.69) is 28.1 Å². The van der Waals surface area contributed by atoms with E-state index >= 15 is 0 Å². The molecule has 0 unspecified atom stereocenters. The number of benzene rings is 2. The molecular formula is C22H27N3O2. The number of amides is 2. The largest absolute Gasteiger partial charge is 0.343 e. The molecule has 2 aromatic carbocycles. The Kier molecular flexibility index (Phi) is 5.91. The fourth-order valence-corrected chi connectivity index (χ4v) is 3.29. The zero-order chi connectivity index (χ0) is 19.4. The normalized spacial score (nSPS) is 17.1. The maximum atomic E-state index is 12.8. The van der Waals surface area contributed by atoms with Crippen molar-refractivity contribution < 1.29 is 9.59 Å². The molecule has 1 heterocycles. The van der Waals surface area contributed by atoms with E-state index in [1.165, 1.54) is 11.1 Å². The highest BCUT2D eigenvalue weighted by Crippen LogP contribution is 2.17. The highest BCUT2D eigenvalue weighted by molar-refractivity contribution is 5.98. The summed E-state index contributed by atoms with van der Waals surface area (Å²) in [5.41, 5.74) is 4.27. The van der Waals surface area contributed by atoms with Crippen molar-refractivity contribution in [3.63, 3.8) is 0 Å². The maximum absolute atomic E-state index is 12.8. The SMILES string of the molecule is Cc1ccc(NC(=O)[C@@H](NC(=O)[C@H]2Cc3ccccc3CN2)C(C)C)cc1. The molecule has 0 aromatic heterocycles. The fourth-order valence-electron chi connectivity index (χ4n) is 3.29. The second kappa shape index (κ2) is 8.35. The summed E-state index contributed by atoms with van der Waals surface area (Å²) in [4.78, 5) is 25.5. The third-order valence-corrected chi connectivity index (χ3v) is 4.96. The van der Waals surface area contributed by atoms with Gasteiger partial charge in [-0.25, -0.2) is 0 Å². The Bertz CT molecular complexity index is 815. The van der Waals surface area contributed by atoms with Gasteiger partial charge < -0.3 is 16.0 Å². The van der Waals surface area contributed by atoms with Gasteiger partial charge in [0.05, 0.1) is 6.04 Å². The van der Waals surface area contributed by atoms with Crippen molar-refractivity contribution in [2.45, 2.75) is 45.8 Å². The number of hydrogen-bond donors (Lipinski definition) is 3. The average molecular weight is 365 g/mol. The minimum atomic E-state index is -0.585. The van der Waals surface area contributed by atoms with Crippen LogP contribution in [-0.2, 0) is 22.6 Å². The first kappa shape index (κ1) is 19.1. The van der Waals surface area contributed by atoms with Crippen LogP contribution < -0.4 is 16.0 Å². The van der Waals surface area contributed by atoms with Crippen molar-refractivity contribution >= 4 is 17.5 Å². The first-order valence-corrected chi connectivity index (χ1v) is 9.42. The molecule has 1 aliphatic heterocycles. The summed E-state index contributed by atoms with van der Waals surface area (Å²) in [5, 5.41) is 9.11. The van der Waals surface area contributed by atoms with Crippen molar-refractivity contribution in [2.24, 2.45) is 5.92 Å². The number of nitrogens with one attached hydrogen (secondary N) is 3. The molecule has 2 aromatic rings. The molecule has 142 valence electrons. The van der Waals surface area contributed by atoms with E-state index in [4.69, 9.17) is 0 Å². The quantitative estimate of drug-likeness (QED) is 0.763. The lowest BCUT2D eigenvalue weighted by Crippen LogP contribution is -2.54. The number of carbonyl (C=O) groups is 2. The monoisotopic (exact) mass is 365 g/mol. The second-order valence-electron chi connectivity index (χ2n) is 7.49. The number of fused-ring (bicyclic) bond motifs is 1. The van der Waals surface area contributed by atoms with Gasteiger partial charge in [0.2, 0.25) is 11.8 Å².